The predicted octanol–water partition coefficient (Wildman–Crippen LogP) is 4.17. The van der Waals surface area contributed by atoms with Crippen molar-refractivity contribution in [2.75, 3.05) is 11.9 Å². The largest absolute Gasteiger partial charge is 0.368 e. The highest BCUT2D eigenvalue weighted by molar-refractivity contribution is 6.31. The molecule has 26 heavy (non-hydrogen) atoms. The lowest BCUT2D eigenvalue weighted by molar-refractivity contribution is -0.124. The maximum absolute atomic E-state index is 13.0. The number of ketones is 1. The summed E-state index contributed by atoms with van der Waals surface area (Å²) < 4.78 is 5.45. The van der Waals surface area contributed by atoms with Crippen molar-refractivity contribution in [3.05, 3.63) is 64.8 Å². The van der Waals surface area contributed by atoms with Crippen molar-refractivity contribution in [1.29, 1.82) is 0 Å². The van der Waals surface area contributed by atoms with E-state index in [1.54, 1.807) is 42.5 Å². The van der Waals surface area contributed by atoms with Crippen molar-refractivity contribution in [2.45, 2.75) is 18.9 Å². The normalized spacial score (nSPS) is 16.7. The van der Waals surface area contributed by atoms with Crippen LogP contribution in [0.25, 0.3) is 10.9 Å². The van der Waals surface area contributed by atoms with E-state index in [1.807, 2.05) is 6.07 Å². The first kappa shape index (κ1) is 16.8. The first-order valence-electron chi connectivity index (χ1n) is 8.47. The van der Waals surface area contributed by atoms with Crippen molar-refractivity contribution < 1.29 is 14.3 Å². The molecule has 0 saturated carbocycles. The van der Waals surface area contributed by atoms with Gasteiger partial charge in [-0.15, -0.1) is 0 Å². The van der Waals surface area contributed by atoms with Crippen LogP contribution in [0.5, 0.6) is 0 Å². The number of hydrogen-bond donors (Lipinski definition) is 2. The summed E-state index contributed by atoms with van der Waals surface area (Å²) in [5, 5.41) is 4.17. The maximum atomic E-state index is 13.0. The van der Waals surface area contributed by atoms with Crippen LogP contribution >= 0.6 is 11.6 Å². The molecule has 2 heterocycles. The number of aromatic nitrogens is 1. The molecule has 132 valence electrons. The molecule has 4 rings (SSSR count). The molecule has 5 nitrogen and oxygen atoms in total. The zero-order valence-corrected chi connectivity index (χ0v) is 14.7. The molecule has 1 amide bonds. The molecule has 1 atom stereocenters. The molecule has 6 heteroatoms. The van der Waals surface area contributed by atoms with Crippen LogP contribution in [-0.4, -0.2) is 29.4 Å². The van der Waals surface area contributed by atoms with Crippen LogP contribution < -0.4 is 5.32 Å². The Morgan fingerprint density at radius 1 is 1.15 bits per heavy atom. The van der Waals surface area contributed by atoms with Gasteiger partial charge < -0.3 is 15.0 Å². The van der Waals surface area contributed by atoms with Crippen LogP contribution in [0, 0.1) is 0 Å². The van der Waals surface area contributed by atoms with Crippen molar-refractivity contribution in [3.8, 4) is 0 Å². The second kappa shape index (κ2) is 6.94. The number of halogens is 1. The summed E-state index contributed by atoms with van der Waals surface area (Å²) in [5.74, 6) is -0.430. The van der Waals surface area contributed by atoms with Crippen molar-refractivity contribution in [2.24, 2.45) is 0 Å². The summed E-state index contributed by atoms with van der Waals surface area (Å²) in [6.45, 7) is 0.581. The van der Waals surface area contributed by atoms with E-state index in [9.17, 15) is 9.59 Å². The number of hydrogen-bond acceptors (Lipinski definition) is 3. The highest BCUT2D eigenvalue weighted by Crippen LogP contribution is 2.32. The van der Waals surface area contributed by atoms with E-state index in [2.05, 4.69) is 10.3 Å². The summed E-state index contributed by atoms with van der Waals surface area (Å²) >= 11 is 6.07. The molecule has 1 saturated heterocycles. The number of anilines is 1. The third-order valence-electron chi connectivity index (χ3n) is 4.49. The number of rotatable bonds is 4. The molecular formula is C20H17ClN2O3. The molecule has 1 aliphatic heterocycles. The monoisotopic (exact) mass is 368 g/mol. The second-order valence-electron chi connectivity index (χ2n) is 6.25. The van der Waals surface area contributed by atoms with Crippen molar-refractivity contribution >= 4 is 39.9 Å². The van der Waals surface area contributed by atoms with E-state index in [0.29, 0.717) is 40.5 Å². The smallest absolute Gasteiger partial charge is 0.253 e. The van der Waals surface area contributed by atoms with E-state index in [0.717, 1.165) is 11.8 Å². The van der Waals surface area contributed by atoms with E-state index < -0.39 is 6.10 Å². The Morgan fingerprint density at radius 2 is 1.96 bits per heavy atom. The van der Waals surface area contributed by atoms with Gasteiger partial charge in [0.25, 0.3) is 5.91 Å². The van der Waals surface area contributed by atoms with Gasteiger partial charge in [0.15, 0.2) is 0 Å². The summed E-state index contributed by atoms with van der Waals surface area (Å²) in [7, 11) is 0. The van der Waals surface area contributed by atoms with Gasteiger partial charge in [-0.25, -0.2) is 0 Å². The molecule has 1 aromatic heterocycles. The Kier molecular flexibility index (Phi) is 4.49. The van der Waals surface area contributed by atoms with Gasteiger partial charge in [-0.1, -0.05) is 41.9 Å². The minimum atomic E-state index is -0.480. The third kappa shape index (κ3) is 3.11. The van der Waals surface area contributed by atoms with Crippen LogP contribution in [0.1, 0.15) is 28.9 Å². The van der Waals surface area contributed by atoms with Crippen LogP contribution in [-0.2, 0) is 9.53 Å². The minimum Gasteiger partial charge on any atom is -0.368 e. The molecule has 0 aliphatic carbocycles. The zero-order chi connectivity index (χ0) is 18.1. The Labute approximate surface area is 155 Å². The summed E-state index contributed by atoms with van der Waals surface area (Å²) in [6, 6.07) is 14.2. The van der Waals surface area contributed by atoms with Crippen LogP contribution in [0.15, 0.2) is 48.5 Å². The van der Waals surface area contributed by atoms with Gasteiger partial charge in [0, 0.05) is 28.1 Å². The quantitative estimate of drug-likeness (QED) is 0.679. The van der Waals surface area contributed by atoms with Crippen LogP contribution in [0.3, 0.4) is 0 Å². The van der Waals surface area contributed by atoms with Crippen molar-refractivity contribution in [1.82, 2.24) is 4.98 Å². The number of ether oxygens (including phenoxy) is 1. The molecule has 2 aromatic carbocycles. The molecule has 2 N–H and O–H groups in total. The maximum Gasteiger partial charge on any atom is 0.253 e. The fourth-order valence-electron chi connectivity index (χ4n) is 3.19. The molecule has 1 fully saturated rings. The van der Waals surface area contributed by atoms with Crippen LogP contribution in [0.2, 0.25) is 5.02 Å². The molecular weight excluding hydrogens is 352 g/mol. The Balaban J connectivity index is 1.78. The highest BCUT2D eigenvalue weighted by atomic mass is 35.5. The van der Waals surface area contributed by atoms with E-state index >= 15 is 0 Å². The summed E-state index contributed by atoms with van der Waals surface area (Å²) in [5.41, 5.74) is 2.03. The van der Waals surface area contributed by atoms with Crippen LogP contribution in [0.4, 0.5) is 5.69 Å². The van der Waals surface area contributed by atoms with Gasteiger partial charge in [0.1, 0.15) is 11.8 Å². The predicted molar refractivity (Wildman–Crippen MR) is 101 cm³/mol. The second-order valence-corrected chi connectivity index (χ2v) is 6.69. The lowest BCUT2D eigenvalue weighted by Gasteiger charge is -2.11. The number of aromatic amines is 1. The lowest BCUT2D eigenvalue weighted by atomic mass is 10.1. The molecule has 0 radical (unpaired) electrons. The number of amides is 1. The summed E-state index contributed by atoms with van der Waals surface area (Å²) in [4.78, 5) is 28.6. The molecule has 1 unspecified atom stereocenters. The fourth-order valence-corrected chi connectivity index (χ4v) is 3.36. The summed E-state index contributed by atoms with van der Waals surface area (Å²) in [6.07, 6.45) is 1.06. The Morgan fingerprint density at radius 3 is 2.69 bits per heavy atom. The van der Waals surface area contributed by atoms with Gasteiger partial charge >= 0.3 is 0 Å². The first-order valence-corrected chi connectivity index (χ1v) is 8.85. The van der Waals surface area contributed by atoms with Gasteiger partial charge in [0.05, 0.1) is 5.69 Å². The van der Waals surface area contributed by atoms with E-state index in [-0.39, 0.29) is 11.7 Å². The number of fused-ring (bicyclic) bond motifs is 1. The topological polar surface area (TPSA) is 71.2 Å². The van der Waals surface area contributed by atoms with Gasteiger partial charge in [-0.05, 0) is 31.0 Å². The number of benzene rings is 2. The number of carbonyl (C=O) groups excluding carboxylic acids is 2. The minimum absolute atomic E-state index is 0.194. The molecule has 1 aliphatic rings. The lowest BCUT2D eigenvalue weighted by Crippen LogP contribution is -2.27. The molecule has 3 aromatic rings. The number of H-pyrrole nitrogens is 1. The van der Waals surface area contributed by atoms with E-state index in [4.69, 9.17) is 16.3 Å². The van der Waals surface area contributed by atoms with Gasteiger partial charge in [0.2, 0.25) is 5.78 Å². The average Bonchev–Trinajstić information content (AvgIpc) is 3.30. The highest BCUT2D eigenvalue weighted by Gasteiger charge is 2.27. The standard InChI is InChI=1S/C20H17ClN2O3/c21-13-8-9-14-15(11-13)22-18(19(24)12-5-2-1-3-6-12)17(14)23-20(25)16-7-4-10-26-16/h1-3,5-6,8-9,11,16,22H,4,7,10H2,(H,23,25). The fraction of sp³-hybridized carbons (Fsp3) is 0.200. The van der Waals surface area contributed by atoms with E-state index in [1.165, 1.54) is 0 Å². The number of nitrogens with one attached hydrogen (secondary N) is 2. The SMILES string of the molecule is O=C(c1ccccc1)c1[nH]c2cc(Cl)ccc2c1NC(=O)C1CCCO1. The number of carbonyl (C=O) groups is 2. The molecule has 0 spiro atoms. The molecule has 0 bridgehead atoms. The van der Waals surface area contributed by atoms with Crippen molar-refractivity contribution in [3.63, 3.8) is 0 Å². The Bertz CT molecular complexity index is 975. The van der Waals surface area contributed by atoms with Gasteiger partial charge in [-0.3, -0.25) is 9.59 Å². The first-order chi connectivity index (χ1) is 12.6. The average molecular weight is 369 g/mol. The third-order valence-corrected chi connectivity index (χ3v) is 4.73. The zero-order valence-electron chi connectivity index (χ0n) is 13.9. The van der Waals surface area contributed by atoms with Gasteiger partial charge in [-0.2, -0.15) is 0 Å². The Hall–Kier alpha value is -2.63.